The quantitative estimate of drug-likeness (QED) is 0.848. The number of halogens is 1. The van der Waals surface area contributed by atoms with Crippen LogP contribution in [0.2, 0.25) is 0 Å². The molecule has 1 aliphatic heterocycles. The fourth-order valence-corrected chi connectivity index (χ4v) is 3.91. The van der Waals surface area contributed by atoms with Crippen molar-refractivity contribution < 1.29 is 4.39 Å². The summed E-state index contributed by atoms with van der Waals surface area (Å²) in [6, 6.07) is 1.17. The standard InChI is InChI=1S/C17H33FN2/c1-17(2,3)16-13-20(11-7-10-18)15(12-19-16)14-8-5-4-6-9-14/h14-16,19H,4-13H2,1-3H3. The molecule has 1 N–H and O–H groups in total. The molecular formula is C17H33FN2. The lowest BCUT2D eigenvalue weighted by molar-refractivity contribution is 0.0423. The Balaban J connectivity index is 1.99. The minimum absolute atomic E-state index is 0.179. The zero-order chi connectivity index (χ0) is 14.6. The molecule has 0 radical (unpaired) electrons. The molecule has 1 aliphatic carbocycles. The molecule has 3 heteroatoms. The van der Waals surface area contributed by atoms with Crippen molar-refractivity contribution in [1.82, 2.24) is 10.2 Å². The summed E-state index contributed by atoms with van der Waals surface area (Å²) in [6.45, 7) is 9.85. The van der Waals surface area contributed by atoms with Crippen LogP contribution in [0, 0.1) is 11.3 Å². The fraction of sp³-hybridized carbons (Fsp3) is 1.00. The zero-order valence-corrected chi connectivity index (χ0v) is 13.6. The molecule has 1 heterocycles. The van der Waals surface area contributed by atoms with Gasteiger partial charge in [-0.25, -0.2) is 0 Å². The van der Waals surface area contributed by atoms with E-state index in [1.165, 1.54) is 32.1 Å². The second kappa shape index (κ2) is 7.22. The summed E-state index contributed by atoms with van der Waals surface area (Å²) in [5, 5.41) is 3.78. The Labute approximate surface area is 124 Å². The number of nitrogens with zero attached hydrogens (tertiary/aromatic N) is 1. The summed E-state index contributed by atoms with van der Waals surface area (Å²) in [5.41, 5.74) is 0.283. The maximum absolute atomic E-state index is 12.6. The van der Waals surface area contributed by atoms with E-state index in [4.69, 9.17) is 0 Å². The van der Waals surface area contributed by atoms with Crippen LogP contribution in [-0.4, -0.2) is 43.3 Å². The van der Waals surface area contributed by atoms with Crippen LogP contribution in [0.15, 0.2) is 0 Å². The minimum Gasteiger partial charge on any atom is -0.311 e. The summed E-state index contributed by atoms with van der Waals surface area (Å²) in [6.07, 6.45) is 7.63. The van der Waals surface area contributed by atoms with E-state index in [0.29, 0.717) is 18.5 Å². The minimum atomic E-state index is -0.179. The molecule has 0 aromatic heterocycles. The molecule has 0 aromatic rings. The van der Waals surface area contributed by atoms with Gasteiger partial charge in [-0.15, -0.1) is 0 Å². The van der Waals surface area contributed by atoms with Crippen molar-refractivity contribution in [3.8, 4) is 0 Å². The van der Waals surface area contributed by atoms with E-state index >= 15 is 0 Å². The molecule has 2 atom stereocenters. The Morgan fingerprint density at radius 3 is 2.45 bits per heavy atom. The van der Waals surface area contributed by atoms with Crippen LogP contribution >= 0.6 is 0 Å². The highest BCUT2D eigenvalue weighted by Crippen LogP contribution is 2.32. The van der Waals surface area contributed by atoms with Gasteiger partial charge in [0.1, 0.15) is 0 Å². The molecule has 118 valence electrons. The summed E-state index contributed by atoms with van der Waals surface area (Å²) in [7, 11) is 0. The lowest BCUT2D eigenvalue weighted by atomic mass is 9.79. The predicted molar refractivity (Wildman–Crippen MR) is 83.8 cm³/mol. The molecule has 1 saturated heterocycles. The lowest BCUT2D eigenvalue weighted by Crippen LogP contribution is -2.62. The highest BCUT2D eigenvalue weighted by atomic mass is 19.1. The van der Waals surface area contributed by atoms with Gasteiger partial charge in [0.2, 0.25) is 0 Å². The van der Waals surface area contributed by atoms with E-state index in [1.54, 1.807) is 0 Å². The van der Waals surface area contributed by atoms with E-state index in [1.807, 2.05) is 0 Å². The smallest absolute Gasteiger partial charge is 0.0906 e. The van der Waals surface area contributed by atoms with Crippen molar-refractivity contribution in [2.75, 3.05) is 26.3 Å². The fourth-order valence-electron chi connectivity index (χ4n) is 3.91. The van der Waals surface area contributed by atoms with Crippen molar-refractivity contribution in [1.29, 1.82) is 0 Å². The molecular weight excluding hydrogens is 251 g/mol. The Bertz CT molecular complexity index is 281. The van der Waals surface area contributed by atoms with Crippen LogP contribution in [0.4, 0.5) is 4.39 Å². The van der Waals surface area contributed by atoms with E-state index < -0.39 is 0 Å². The van der Waals surface area contributed by atoms with E-state index in [2.05, 4.69) is 31.0 Å². The summed E-state index contributed by atoms with van der Waals surface area (Å²) < 4.78 is 12.6. The second-order valence-electron chi connectivity index (χ2n) is 7.83. The summed E-state index contributed by atoms with van der Waals surface area (Å²) in [4.78, 5) is 2.60. The normalized spacial score (nSPS) is 30.6. The third-order valence-corrected chi connectivity index (χ3v) is 5.28. The van der Waals surface area contributed by atoms with Crippen LogP contribution in [0.25, 0.3) is 0 Å². The van der Waals surface area contributed by atoms with Crippen LogP contribution < -0.4 is 5.32 Å². The average molecular weight is 284 g/mol. The maximum atomic E-state index is 12.6. The second-order valence-corrected chi connectivity index (χ2v) is 7.83. The molecule has 20 heavy (non-hydrogen) atoms. The molecule has 2 fully saturated rings. The molecule has 2 rings (SSSR count). The van der Waals surface area contributed by atoms with Gasteiger partial charge in [-0.1, -0.05) is 40.0 Å². The Morgan fingerprint density at radius 1 is 1.15 bits per heavy atom. The lowest BCUT2D eigenvalue weighted by Gasteiger charge is -2.48. The molecule has 2 aliphatic rings. The highest BCUT2D eigenvalue weighted by Gasteiger charge is 2.37. The van der Waals surface area contributed by atoms with Crippen molar-refractivity contribution in [3.63, 3.8) is 0 Å². The van der Waals surface area contributed by atoms with Crippen molar-refractivity contribution in [2.45, 2.75) is 71.4 Å². The van der Waals surface area contributed by atoms with Gasteiger partial charge in [-0.2, -0.15) is 0 Å². The highest BCUT2D eigenvalue weighted by molar-refractivity contribution is 4.94. The maximum Gasteiger partial charge on any atom is 0.0906 e. The Hall–Kier alpha value is -0.150. The average Bonchev–Trinajstić information content (AvgIpc) is 2.45. The van der Waals surface area contributed by atoms with Gasteiger partial charge < -0.3 is 5.32 Å². The van der Waals surface area contributed by atoms with Crippen LogP contribution in [0.3, 0.4) is 0 Å². The summed E-state index contributed by atoms with van der Waals surface area (Å²) in [5.74, 6) is 0.830. The Kier molecular flexibility index (Phi) is 5.85. The first-order valence-electron chi connectivity index (χ1n) is 8.56. The Morgan fingerprint density at radius 2 is 1.85 bits per heavy atom. The molecule has 0 amide bonds. The van der Waals surface area contributed by atoms with Gasteiger partial charge in [-0.05, 0) is 30.6 Å². The topological polar surface area (TPSA) is 15.3 Å². The number of alkyl halides is 1. The molecule has 0 aromatic carbocycles. The van der Waals surface area contributed by atoms with E-state index in [9.17, 15) is 4.39 Å². The first kappa shape index (κ1) is 16.2. The third kappa shape index (κ3) is 4.17. The van der Waals surface area contributed by atoms with E-state index in [-0.39, 0.29) is 12.1 Å². The van der Waals surface area contributed by atoms with Gasteiger partial charge in [0, 0.05) is 31.7 Å². The summed E-state index contributed by atoms with van der Waals surface area (Å²) >= 11 is 0. The van der Waals surface area contributed by atoms with Crippen molar-refractivity contribution in [2.24, 2.45) is 11.3 Å². The number of piperazine rings is 1. The largest absolute Gasteiger partial charge is 0.311 e. The van der Waals surface area contributed by atoms with Gasteiger partial charge in [0.15, 0.2) is 0 Å². The van der Waals surface area contributed by atoms with E-state index in [0.717, 1.165) is 25.6 Å². The molecule has 2 unspecified atom stereocenters. The predicted octanol–water partition coefficient (Wildman–Crippen LogP) is 3.61. The molecule has 0 spiro atoms. The first-order valence-corrected chi connectivity index (χ1v) is 8.56. The monoisotopic (exact) mass is 284 g/mol. The molecule has 1 saturated carbocycles. The van der Waals surface area contributed by atoms with Gasteiger partial charge in [-0.3, -0.25) is 9.29 Å². The van der Waals surface area contributed by atoms with Crippen molar-refractivity contribution in [3.05, 3.63) is 0 Å². The van der Waals surface area contributed by atoms with Gasteiger partial charge in [0.25, 0.3) is 0 Å². The van der Waals surface area contributed by atoms with Gasteiger partial charge in [0.05, 0.1) is 6.67 Å². The molecule has 2 nitrogen and oxygen atoms in total. The van der Waals surface area contributed by atoms with Crippen LogP contribution in [0.5, 0.6) is 0 Å². The van der Waals surface area contributed by atoms with Crippen LogP contribution in [-0.2, 0) is 0 Å². The number of hydrogen-bond donors (Lipinski definition) is 1. The van der Waals surface area contributed by atoms with Crippen LogP contribution in [0.1, 0.15) is 59.3 Å². The number of nitrogens with one attached hydrogen (secondary N) is 1. The first-order chi connectivity index (χ1) is 9.52. The number of rotatable bonds is 4. The van der Waals surface area contributed by atoms with Crippen molar-refractivity contribution >= 4 is 0 Å². The third-order valence-electron chi connectivity index (χ3n) is 5.28. The molecule has 0 bridgehead atoms. The number of hydrogen-bond acceptors (Lipinski definition) is 2. The van der Waals surface area contributed by atoms with Gasteiger partial charge >= 0.3 is 0 Å². The zero-order valence-electron chi connectivity index (χ0n) is 13.6. The SMILES string of the molecule is CC(C)(C)C1CN(CCCF)C(C2CCCCC2)CN1.